The highest BCUT2D eigenvalue weighted by molar-refractivity contribution is 5.81. The Balaban J connectivity index is 1.78. The maximum absolute atomic E-state index is 11.9. The first-order valence-electron chi connectivity index (χ1n) is 8.12. The molecule has 0 bridgehead atoms. The number of rotatable bonds is 4. The fourth-order valence-corrected chi connectivity index (χ4v) is 3.86. The maximum Gasteiger partial charge on any atom is 0.237 e. The molecule has 4 unspecified atom stereocenters. The summed E-state index contributed by atoms with van der Waals surface area (Å²) < 4.78 is 0. The van der Waals surface area contributed by atoms with E-state index in [1.807, 2.05) is 20.8 Å². The zero-order valence-corrected chi connectivity index (χ0v) is 12.7. The lowest BCUT2D eigenvalue weighted by Crippen LogP contribution is -2.50. The molecule has 2 rings (SSSR count). The highest BCUT2D eigenvalue weighted by Crippen LogP contribution is 2.40. The molecule has 2 saturated carbocycles. The van der Waals surface area contributed by atoms with Gasteiger partial charge in [-0.05, 0) is 51.9 Å². The van der Waals surface area contributed by atoms with Crippen molar-refractivity contribution in [3.63, 3.8) is 0 Å². The third kappa shape index (κ3) is 4.20. The van der Waals surface area contributed by atoms with E-state index in [0.29, 0.717) is 6.04 Å². The van der Waals surface area contributed by atoms with Crippen molar-refractivity contribution in [2.45, 2.75) is 83.8 Å². The van der Waals surface area contributed by atoms with Crippen molar-refractivity contribution in [2.75, 3.05) is 0 Å². The van der Waals surface area contributed by atoms with Gasteiger partial charge in [-0.15, -0.1) is 0 Å². The Hall–Kier alpha value is -0.570. The first-order chi connectivity index (χ1) is 9.06. The molecule has 19 heavy (non-hydrogen) atoms. The summed E-state index contributed by atoms with van der Waals surface area (Å²) in [6.45, 7) is 6.01. The third-order valence-corrected chi connectivity index (χ3v) is 4.85. The summed E-state index contributed by atoms with van der Waals surface area (Å²) in [5, 5.41) is 6.53. The van der Waals surface area contributed by atoms with Gasteiger partial charge >= 0.3 is 0 Å². The second-order valence-corrected chi connectivity index (χ2v) is 6.87. The van der Waals surface area contributed by atoms with Crippen LogP contribution in [0.15, 0.2) is 0 Å². The van der Waals surface area contributed by atoms with Gasteiger partial charge in [-0.3, -0.25) is 4.79 Å². The fourth-order valence-electron chi connectivity index (χ4n) is 3.86. The molecule has 3 heteroatoms. The molecule has 0 saturated heterocycles. The van der Waals surface area contributed by atoms with E-state index in [1.54, 1.807) is 0 Å². The number of carbonyl (C=O) groups is 1. The number of carbonyl (C=O) groups excluding carboxylic acids is 1. The van der Waals surface area contributed by atoms with Crippen LogP contribution in [0.2, 0.25) is 0 Å². The molecule has 0 aliphatic heterocycles. The average molecular weight is 266 g/mol. The van der Waals surface area contributed by atoms with E-state index in [0.717, 1.165) is 11.8 Å². The lowest BCUT2D eigenvalue weighted by atomic mass is 9.69. The van der Waals surface area contributed by atoms with Gasteiger partial charge in [-0.1, -0.05) is 25.7 Å². The predicted molar refractivity (Wildman–Crippen MR) is 79.0 cm³/mol. The monoisotopic (exact) mass is 266 g/mol. The van der Waals surface area contributed by atoms with Gasteiger partial charge in [0.2, 0.25) is 5.91 Å². The van der Waals surface area contributed by atoms with Crippen molar-refractivity contribution in [3.05, 3.63) is 0 Å². The largest absolute Gasteiger partial charge is 0.353 e. The van der Waals surface area contributed by atoms with Crippen LogP contribution in [0, 0.1) is 11.8 Å². The summed E-state index contributed by atoms with van der Waals surface area (Å²) in [7, 11) is 0. The van der Waals surface area contributed by atoms with E-state index in [2.05, 4.69) is 10.6 Å². The number of hydrogen-bond acceptors (Lipinski definition) is 2. The van der Waals surface area contributed by atoms with Gasteiger partial charge < -0.3 is 10.6 Å². The average Bonchev–Trinajstić information content (AvgIpc) is 2.37. The highest BCUT2D eigenvalue weighted by atomic mass is 16.2. The molecular formula is C16H30N2O. The number of nitrogens with one attached hydrogen (secondary N) is 2. The normalized spacial score (nSPS) is 32.7. The van der Waals surface area contributed by atoms with Gasteiger partial charge in [0.15, 0.2) is 0 Å². The van der Waals surface area contributed by atoms with E-state index < -0.39 is 0 Å². The van der Waals surface area contributed by atoms with Crippen molar-refractivity contribution in [1.82, 2.24) is 10.6 Å². The van der Waals surface area contributed by atoms with Crippen LogP contribution in [0.4, 0.5) is 0 Å². The molecule has 4 atom stereocenters. The van der Waals surface area contributed by atoms with Gasteiger partial charge in [-0.2, -0.15) is 0 Å². The molecule has 0 aromatic rings. The highest BCUT2D eigenvalue weighted by Gasteiger charge is 2.33. The summed E-state index contributed by atoms with van der Waals surface area (Å²) >= 11 is 0. The van der Waals surface area contributed by atoms with E-state index in [9.17, 15) is 4.79 Å². The van der Waals surface area contributed by atoms with Crippen LogP contribution in [0.1, 0.15) is 65.7 Å². The molecule has 1 amide bonds. The lowest BCUT2D eigenvalue weighted by molar-refractivity contribution is -0.123. The fraction of sp³-hybridized carbons (Fsp3) is 0.938. The molecule has 0 radical (unpaired) electrons. The number of amides is 1. The van der Waals surface area contributed by atoms with E-state index >= 15 is 0 Å². The molecule has 0 heterocycles. The second kappa shape index (κ2) is 6.74. The Labute approximate surface area is 117 Å². The Morgan fingerprint density at radius 2 is 1.68 bits per heavy atom. The smallest absolute Gasteiger partial charge is 0.237 e. The minimum atomic E-state index is -0.0625. The van der Waals surface area contributed by atoms with E-state index in [4.69, 9.17) is 0 Å². The Morgan fingerprint density at radius 3 is 2.37 bits per heavy atom. The Bertz CT molecular complexity index is 303. The number of hydrogen-bond donors (Lipinski definition) is 2. The van der Waals surface area contributed by atoms with Crippen LogP contribution < -0.4 is 10.6 Å². The second-order valence-electron chi connectivity index (χ2n) is 6.87. The minimum Gasteiger partial charge on any atom is -0.353 e. The zero-order valence-electron chi connectivity index (χ0n) is 12.7. The van der Waals surface area contributed by atoms with Crippen LogP contribution >= 0.6 is 0 Å². The maximum atomic E-state index is 11.9. The Kier molecular flexibility index (Phi) is 5.26. The van der Waals surface area contributed by atoms with Gasteiger partial charge in [0.1, 0.15) is 0 Å². The zero-order chi connectivity index (χ0) is 13.8. The molecule has 0 spiro atoms. The molecule has 2 N–H and O–H groups in total. The number of fused-ring (bicyclic) bond motifs is 1. The first-order valence-corrected chi connectivity index (χ1v) is 8.12. The quantitative estimate of drug-likeness (QED) is 0.821. The summed E-state index contributed by atoms with van der Waals surface area (Å²) in [5.41, 5.74) is 0. The molecule has 2 aliphatic rings. The van der Waals surface area contributed by atoms with E-state index in [-0.39, 0.29) is 18.0 Å². The van der Waals surface area contributed by atoms with Gasteiger partial charge in [-0.25, -0.2) is 0 Å². The summed E-state index contributed by atoms with van der Waals surface area (Å²) in [6, 6.07) is 0.714. The summed E-state index contributed by atoms with van der Waals surface area (Å²) in [4.78, 5) is 11.9. The summed E-state index contributed by atoms with van der Waals surface area (Å²) in [6.07, 6.45) is 9.60. The topological polar surface area (TPSA) is 41.1 Å². The van der Waals surface area contributed by atoms with Gasteiger partial charge in [0.05, 0.1) is 6.04 Å². The predicted octanol–water partition coefficient (Wildman–Crippen LogP) is 2.85. The molecule has 110 valence electrons. The third-order valence-electron chi connectivity index (χ3n) is 4.85. The van der Waals surface area contributed by atoms with Crippen LogP contribution in [-0.4, -0.2) is 24.0 Å². The Morgan fingerprint density at radius 1 is 1.00 bits per heavy atom. The molecule has 2 fully saturated rings. The minimum absolute atomic E-state index is 0.0625. The molecule has 3 nitrogen and oxygen atoms in total. The van der Waals surface area contributed by atoms with Crippen LogP contribution in [0.5, 0.6) is 0 Å². The SMILES string of the molecule is CC(C)NC(=O)C(C)NC1CCC2CCCCC2C1. The van der Waals surface area contributed by atoms with Crippen LogP contribution in [0.25, 0.3) is 0 Å². The van der Waals surface area contributed by atoms with Crippen LogP contribution in [0.3, 0.4) is 0 Å². The molecular weight excluding hydrogens is 236 g/mol. The molecule has 2 aliphatic carbocycles. The molecule has 0 aromatic heterocycles. The van der Waals surface area contributed by atoms with Gasteiger partial charge in [0.25, 0.3) is 0 Å². The van der Waals surface area contributed by atoms with Crippen molar-refractivity contribution >= 4 is 5.91 Å². The summed E-state index contributed by atoms with van der Waals surface area (Å²) in [5.74, 6) is 2.03. The van der Waals surface area contributed by atoms with Crippen molar-refractivity contribution in [1.29, 1.82) is 0 Å². The van der Waals surface area contributed by atoms with Crippen molar-refractivity contribution in [2.24, 2.45) is 11.8 Å². The molecule has 0 aromatic carbocycles. The van der Waals surface area contributed by atoms with Gasteiger partial charge in [0, 0.05) is 12.1 Å². The van der Waals surface area contributed by atoms with Crippen LogP contribution in [-0.2, 0) is 4.79 Å². The lowest BCUT2D eigenvalue weighted by Gasteiger charge is -2.40. The van der Waals surface area contributed by atoms with Crippen molar-refractivity contribution < 1.29 is 4.79 Å². The standard InChI is InChI=1S/C16H30N2O/c1-11(2)17-16(19)12(3)18-15-9-8-13-6-4-5-7-14(13)10-15/h11-15,18H,4-10H2,1-3H3,(H,17,19). The first kappa shape index (κ1) is 14.8. The van der Waals surface area contributed by atoms with Crippen molar-refractivity contribution in [3.8, 4) is 0 Å². The van der Waals surface area contributed by atoms with E-state index in [1.165, 1.54) is 44.9 Å².